The molecular weight excluding hydrogens is 150 g/mol. The maximum atomic E-state index is 9.12. The zero-order valence-corrected chi connectivity index (χ0v) is 8.29. The van der Waals surface area contributed by atoms with Crippen molar-refractivity contribution in [1.82, 2.24) is 0 Å². The van der Waals surface area contributed by atoms with E-state index in [1.165, 1.54) is 25.7 Å². The third kappa shape index (κ3) is 3.55. The van der Waals surface area contributed by atoms with E-state index in [0.29, 0.717) is 0 Å². The van der Waals surface area contributed by atoms with Gasteiger partial charge in [-0.3, -0.25) is 0 Å². The third-order valence-electron chi connectivity index (χ3n) is 2.79. The molecule has 0 saturated heterocycles. The Kier molecular flexibility index (Phi) is 4.02. The molecule has 3 atom stereocenters. The zero-order valence-electron chi connectivity index (χ0n) is 8.29. The highest BCUT2D eigenvalue weighted by molar-refractivity contribution is 4.68. The first-order valence-corrected chi connectivity index (χ1v) is 5.20. The number of nitrogens with two attached hydrogens (primary N) is 1. The van der Waals surface area contributed by atoms with Gasteiger partial charge in [0.1, 0.15) is 6.54 Å². The number of aliphatic hydroxyl groups excluding tert-OH is 1. The Balaban J connectivity index is 2.14. The average molecular weight is 172 g/mol. The van der Waals surface area contributed by atoms with Crippen LogP contribution in [0.25, 0.3) is 0 Å². The van der Waals surface area contributed by atoms with Gasteiger partial charge in [-0.05, 0) is 25.7 Å². The lowest BCUT2D eigenvalue weighted by Gasteiger charge is -2.25. The minimum atomic E-state index is -0.151. The highest BCUT2D eigenvalue weighted by Gasteiger charge is 2.21. The van der Waals surface area contributed by atoms with Crippen molar-refractivity contribution in [2.24, 2.45) is 5.92 Å². The van der Waals surface area contributed by atoms with Crippen LogP contribution >= 0.6 is 0 Å². The highest BCUT2D eigenvalue weighted by atomic mass is 16.3. The summed E-state index contributed by atoms with van der Waals surface area (Å²) in [6, 6.07) is 0.781. The van der Waals surface area contributed by atoms with Gasteiger partial charge in [-0.25, -0.2) is 0 Å². The van der Waals surface area contributed by atoms with Crippen LogP contribution in [0.4, 0.5) is 0 Å². The first-order chi connectivity index (χ1) is 5.68. The predicted molar refractivity (Wildman–Crippen MR) is 49.9 cm³/mol. The van der Waals surface area contributed by atoms with Crippen LogP contribution in [0.15, 0.2) is 0 Å². The summed E-state index contributed by atoms with van der Waals surface area (Å²) >= 11 is 0. The molecule has 0 bridgehead atoms. The molecule has 1 rings (SSSR count). The molecular formula is C10H22NO+. The molecule has 0 aliphatic heterocycles. The molecule has 0 unspecified atom stereocenters. The molecule has 1 saturated carbocycles. The Bertz CT molecular complexity index is 125. The van der Waals surface area contributed by atoms with Crippen molar-refractivity contribution >= 4 is 0 Å². The zero-order chi connectivity index (χ0) is 8.97. The number of rotatable bonds is 3. The van der Waals surface area contributed by atoms with E-state index >= 15 is 0 Å². The van der Waals surface area contributed by atoms with Crippen molar-refractivity contribution in [3.05, 3.63) is 0 Å². The normalized spacial score (nSPS) is 33.2. The molecule has 0 aromatic heterocycles. The third-order valence-corrected chi connectivity index (χ3v) is 2.79. The lowest BCUT2D eigenvalue weighted by atomic mass is 9.87. The number of hydrogen-bond donors (Lipinski definition) is 2. The molecule has 0 radical (unpaired) electrons. The molecule has 0 aromatic carbocycles. The van der Waals surface area contributed by atoms with Crippen molar-refractivity contribution in [2.75, 3.05) is 6.54 Å². The van der Waals surface area contributed by atoms with Crippen LogP contribution in [0, 0.1) is 5.92 Å². The number of aliphatic hydroxyl groups is 1. The van der Waals surface area contributed by atoms with Gasteiger partial charge >= 0.3 is 0 Å². The predicted octanol–water partition coefficient (Wildman–Crippen LogP) is 0.509. The summed E-state index contributed by atoms with van der Waals surface area (Å²) in [4.78, 5) is 0. The van der Waals surface area contributed by atoms with Crippen molar-refractivity contribution < 1.29 is 10.4 Å². The van der Waals surface area contributed by atoms with Gasteiger partial charge in [0.2, 0.25) is 0 Å². The van der Waals surface area contributed by atoms with Gasteiger partial charge in [0, 0.05) is 6.42 Å². The smallest absolute Gasteiger partial charge is 0.102 e. The minimum Gasteiger partial charge on any atom is -0.388 e. The molecule has 0 heterocycles. The van der Waals surface area contributed by atoms with Crippen LogP contribution < -0.4 is 5.32 Å². The molecule has 12 heavy (non-hydrogen) atoms. The van der Waals surface area contributed by atoms with E-state index in [0.717, 1.165) is 18.5 Å². The summed E-state index contributed by atoms with van der Waals surface area (Å²) in [5.74, 6) is 0.897. The van der Waals surface area contributed by atoms with E-state index in [1.54, 1.807) is 0 Å². The van der Waals surface area contributed by atoms with E-state index in [1.807, 2.05) is 6.92 Å². The first-order valence-electron chi connectivity index (χ1n) is 5.20. The van der Waals surface area contributed by atoms with Crippen molar-refractivity contribution in [3.8, 4) is 0 Å². The van der Waals surface area contributed by atoms with Crippen LogP contribution in [0.5, 0.6) is 0 Å². The fourth-order valence-electron chi connectivity index (χ4n) is 2.08. The quantitative estimate of drug-likeness (QED) is 0.639. The Morgan fingerprint density at radius 3 is 2.83 bits per heavy atom. The summed E-state index contributed by atoms with van der Waals surface area (Å²) in [6.45, 7) is 5.07. The Morgan fingerprint density at radius 2 is 2.25 bits per heavy atom. The van der Waals surface area contributed by atoms with Crippen molar-refractivity contribution in [2.45, 2.75) is 51.7 Å². The lowest BCUT2D eigenvalue weighted by Crippen LogP contribution is -2.92. The van der Waals surface area contributed by atoms with Gasteiger partial charge in [0.05, 0.1) is 12.1 Å². The summed E-state index contributed by atoms with van der Waals surface area (Å²) in [5, 5.41) is 11.4. The van der Waals surface area contributed by atoms with Gasteiger partial charge in [-0.1, -0.05) is 13.3 Å². The SMILES string of the molecule is C[C@@H]1CCC[C@@H]([NH2+]C[C@@H](C)O)C1. The topological polar surface area (TPSA) is 36.8 Å². The monoisotopic (exact) mass is 172 g/mol. The number of quaternary nitrogens is 1. The Labute approximate surface area is 75.4 Å². The Hall–Kier alpha value is -0.0800. The van der Waals surface area contributed by atoms with E-state index in [2.05, 4.69) is 12.2 Å². The fourth-order valence-corrected chi connectivity index (χ4v) is 2.08. The van der Waals surface area contributed by atoms with Crippen LogP contribution in [-0.2, 0) is 0 Å². The second-order valence-electron chi connectivity index (χ2n) is 4.35. The van der Waals surface area contributed by atoms with Crippen molar-refractivity contribution in [3.63, 3.8) is 0 Å². The maximum absolute atomic E-state index is 9.12. The molecule has 2 nitrogen and oxygen atoms in total. The summed E-state index contributed by atoms with van der Waals surface area (Å²) in [5.41, 5.74) is 0. The molecule has 0 spiro atoms. The van der Waals surface area contributed by atoms with E-state index in [4.69, 9.17) is 5.11 Å². The average Bonchev–Trinajstić information content (AvgIpc) is 2.01. The van der Waals surface area contributed by atoms with E-state index in [-0.39, 0.29) is 6.10 Å². The van der Waals surface area contributed by atoms with Gasteiger partial charge in [0.15, 0.2) is 0 Å². The molecule has 1 aliphatic rings. The van der Waals surface area contributed by atoms with Gasteiger partial charge in [-0.15, -0.1) is 0 Å². The second-order valence-corrected chi connectivity index (χ2v) is 4.35. The highest BCUT2D eigenvalue weighted by Crippen LogP contribution is 2.21. The molecule has 0 aromatic rings. The van der Waals surface area contributed by atoms with Crippen LogP contribution in [-0.4, -0.2) is 23.8 Å². The van der Waals surface area contributed by atoms with Gasteiger partial charge in [0.25, 0.3) is 0 Å². The molecule has 0 amide bonds. The van der Waals surface area contributed by atoms with Gasteiger partial charge < -0.3 is 10.4 Å². The van der Waals surface area contributed by atoms with Gasteiger partial charge in [-0.2, -0.15) is 0 Å². The Morgan fingerprint density at radius 1 is 1.50 bits per heavy atom. The van der Waals surface area contributed by atoms with Crippen molar-refractivity contribution in [1.29, 1.82) is 0 Å². The number of hydrogen-bond acceptors (Lipinski definition) is 1. The standard InChI is InChI=1S/C10H21NO/c1-8-4-3-5-10(6-8)11-7-9(2)12/h8-12H,3-7H2,1-2H3/p+1/t8-,9-,10-/m1/s1. The molecule has 72 valence electrons. The fraction of sp³-hybridized carbons (Fsp3) is 1.00. The molecule has 3 N–H and O–H groups in total. The van der Waals surface area contributed by atoms with E-state index < -0.39 is 0 Å². The molecule has 1 aliphatic carbocycles. The van der Waals surface area contributed by atoms with Crippen LogP contribution in [0.2, 0.25) is 0 Å². The largest absolute Gasteiger partial charge is 0.388 e. The molecule has 1 fully saturated rings. The minimum absolute atomic E-state index is 0.151. The van der Waals surface area contributed by atoms with Crippen LogP contribution in [0.1, 0.15) is 39.5 Å². The summed E-state index contributed by atoms with van der Waals surface area (Å²) in [6.07, 6.45) is 5.31. The molecule has 2 heteroatoms. The maximum Gasteiger partial charge on any atom is 0.102 e. The lowest BCUT2D eigenvalue weighted by molar-refractivity contribution is -0.697. The second kappa shape index (κ2) is 4.83. The summed E-state index contributed by atoms with van der Waals surface area (Å²) < 4.78 is 0. The first kappa shape index (κ1) is 10.0. The van der Waals surface area contributed by atoms with E-state index in [9.17, 15) is 0 Å². The van der Waals surface area contributed by atoms with Crippen LogP contribution in [0.3, 0.4) is 0 Å². The summed E-state index contributed by atoms with van der Waals surface area (Å²) in [7, 11) is 0.